The normalized spacial score (nSPS) is 11.6. The van der Waals surface area contributed by atoms with Gasteiger partial charge in [0.15, 0.2) is 4.96 Å². The van der Waals surface area contributed by atoms with Crippen molar-refractivity contribution in [2.45, 2.75) is 39.7 Å². The van der Waals surface area contributed by atoms with Crippen molar-refractivity contribution in [3.05, 3.63) is 33.2 Å². The molecular weight excluding hydrogens is 286 g/mol. The van der Waals surface area contributed by atoms with E-state index in [1.807, 2.05) is 12.3 Å². The molecule has 0 saturated heterocycles. The number of nitrogens with zero attached hydrogens (tertiary/aromatic N) is 3. The summed E-state index contributed by atoms with van der Waals surface area (Å²) in [5.41, 5.74) is 1.74. The molecule has 0 aliphatic rings. The predicted octanol–water partition coefficient (Wildman–Crippen LogP) is 2.05. The minimum atomic E-state index is -0.00801. The Morgan fingerprint density at radius 3 is 2.86 bits per heavy atom. The van der Waals surface area contributed by atoms with Crippen LogP contribution in [0.5, 0.6) is 0 Å². The monoisotopic (exact) mass is 309 g/mol. The van der Waals surface area contributed by atoms with Crippen LogP contribution in [0.25, 0.3) is 4.96 Å². The van der Waals surface area contributed by atoms with Crippen LogP contribution in [0.2, 0.25) is 0 Å². The van der Waals surface area contributed by atoms with Gasteiger partial charge in [0.25, 0.3) is 5.56 Å². The third-order valence-electron chi connectivity index (χ3n) is 3.47. The molecule has 2 rings (SSSR count). The quantitative estimate of drug-likeness (QED) is 0.811. The highest BCUT2D eigenvalue weighted by atomic mass is 32.1. The molecule has 21 heavy (non-hydrogen) atoms. The summed E-state index contributed by atoms with van der Waals surface area (Å²) in [7, 11) is 0. The highest BCUT2D eigenvalue weighted by Crippen LogP contribution is 2.12. The van der Waals surface area contributed by atoms with Crippen LogP contribution in [0.4, 0.5) is 0 Å². The lowest BCUT2D eigenvalue weighted by Gasteiger charge is -2.21. The molecule has 0 aliphatic heterocycles. The summed E-state index contributed by atoms with van der Waals surface area (Å²) in [5, 5.41) is 11.0. The zero-order valence-electron chi connectivity index (χ0n) is 12.7. The lowest BCUT2D eigenvalue weighted by Crippen LogP contribution is -2.28. The standard InChI is InChI=1S/C15H23N3O2S/c1-3-4-6-17(7-5-8-19)10-13-9-14(20)18-12(2)11-21-15(18)16-13/h9,11,19H,3-8,10H2,1-2H3. The van der Waals surface area contributed by atoms with E-state index in [9.17, 15) is 4.79 Å². The van der Waals surface area contributed by atoms with E-state index in [2.05, 4.69) is 16.8 Å². The summed E-state index contributed by atoms with van der Waals surface area (Å²) in [6, 6.07) is 1.63. The highest BCUT2D eigenvalue weighted by molar-refractivity contribution is 7.15. The summed E-state index contributed by atoms with van der Waals surface area (Å²) in [5.74, 6) is 0. The van der Waals surface area contributed by atoms with Crippen LogP contribution in [-0.2, 0) is 6.54 Å². The second kappa shape index (κ2) is 7.68. The number of hydrogen-bond donors (Lipinski definition) is 1. The first-order chi connectivity index (χ1) is 10.2. The second-order valence-electron chi connectivity index (χ2n) is 5.29. The average Bonchev–Trinajstić information content (AvgIpc) is 2.83. The number of aryl methyl sites for hydroxylation is 1. The summed E-state index contributed by atoms with van der Waals surface area (Å²) >= 11 is 1.50. The number of rotatable bonds is 8. The smallest absolute Gasteiger partial charge is 0.259 e. The van der Waals surface area contributed by atoms with Crippen LogP contribution in [0.15, 0.2) is 16.2 Å². The van der Waals surface area contributed by atoms with Crippen LogP contribution < -0.4 is 5.56 Å². The van der Waals surface area contributed by atoms with Crippen molar-refractivity contribution in [2.24, 2.45) is 0 Å². The Bertz CT molecular complexity index is 627. The Kier molecular flexibility index (Phi) is 5.90. The number of aliphatic hydroxyl groups is 1. The molecule has 0 unspecified atom stereocenters. The zero-order chi connectivity index (χ0) is 15.2. The summed E-state index contributed by atoms with van der Waals surface area (Å²) in [6.45, 7) is 6.75. The van der Waals surface area contributed by atoms with Gasteiger partial charge in [-0.2, -0.15) is 0 Å². The third-order valence-corrected chi connectivity index (χ3v) is 4.42. The van der Waals surface area contributed by atoms with Gasteiger partial charge in [-0.05, 0) is 26.3 Å². The van der Waals surface area contributed by atoms with Gasteiger partial charge in [-0.3, -0.25) is 14.1 Å². The number of unbranched alkanes of at least 4 members (excludes halogenated alkanes) is 1. The molecule has 1 N–H and O–H groups in total. The summed E-state index contributed by atoms with van der Waals surface area (Å²) in [6.07, 6.45) is 3.00. The minimum absolute atomic E-state index is 0.00801. The molecule has 0 aromatic carbocycles. The molecule has 0 fully saturated rings. The van der Waals surface area contributed by atoms with Crippen molar-refractivity contribution in [3.8, 4) is 0 Å². The molecule has 6 heteroatoms. The van der Waals surface area contributed by atoms with E-state index in [1.165, 1.54) is 11.3 Å². The van der Waals surface area contributed by atoms with E-state index in [4.69, 9.17) is 5.11 Å². The van der Waals surface area contributed by atoms with Crippen molar-refractivity contribution in [2.75, 3.05) is 19.7 Å². The van der Waals surface area contributed by atoms with E-state index in [-0.39, 0.29) is 12.2 Å². The molecule has 0 saturated carbocycles. The number of thiazole rings is 1. The van der Waals surface area contributed by atoms with E-state index in [0.29, 0.717) is 6.54 Å². The molecule has 0 aliphatic carbocycles. The first-order valence-electron chi connectivity index (χ1n) is 7.45. The molecule has 2 aromatic rings. The molecule has 0 bridgehead atoms. The van der Waals surface area contributed by atoms with Crippen LogP contribution in [0.1, 0.15) is 37.6 Å². The van der Waals surface area contributed by atoms with Gasteiger partial charge in [-0.15, -0.1) is 11.3 Å². The maximum absolute atomic E-state index is 12.2. The topological polar surface area (TPSA) is 57.8 Å². The number of aliphatic hydroxyl groups excluding tert-OH is 1. The van der Waals surface area contributed by atoms with Crippen molar-refractivity contribution < 1.29 is 5.11 Å². The Morgan fingerprint density at radius 1 is 1.38 bits per heavy atom. The Balaban J connectivity index is 2.17. The SMILES string of the molecule is CCCCN(CCCO)Cc1cc(=O)n2c(C)csc2n1. The number of fused-ring (bicyclic) bond motifs is 1. The molecule has 116 valence electrons. The molecule has 0 amide bonds. The molecule has 0 radical (unpaired) electrons. The Morgan fingerprint density at radius 2 is 2.14 bits per heavy atom. The Labute approximate surface area is 128 Å². The van der Waals surface area contributed by atoms with Crippen LogP contribution in [0, 0.1) is 6.92 Å². The van der Waals surface area contributed by atoms with E-state index >= 15 is 0 Å². The second-order valence-corrected chi connectivity index (χ2v) is 6.12. The highest BCUT2D eigenvalue weighted by Gasteiger charge is 2.10. The number of hydrogen-bond acceptors (Lipinski definition) is 5. The fourth-order valence-electron chi connectivity index (χ4n) is 2.36. The van der Waals surface area contributed by atoms with Gasteiger partial charge < -0.3 is 5.11 Å². The summed E-state index contributed by atoms with van der Waals surface area (Å²) in [4.78, 5) is 19.8. The van der Waals surface area contributed by atoms with Gasteiger partial charge in [0.05, 0.1) is 5.69 Å². The van der Waals surface area contributed by atoms with Gasteiger partial charge in [0.1, 0.15) is 0 Å². The summed E-state index contributed by atoms with van der Waals surface area (Å²) < 4.78 is 1.65. The fourth-order valence-corrected chi connectivity index (χ4v) is 3.25. The first-order valence-corrected chi connectivity index (χ1v) is 8.33. The Hall–Kier alpha value is -1.24. The van der Waals surface area contributed by atoms with Gasteiger partial charge in [0.2, 0.25) is 0 Å². The van der Waals surface area contributed by atoms with Gasteiger partial charge in [0, 0.05) is 36.8 Å². The molecule has 5 nitrogen and oxygen atoms in total. The third kappa shape index (κ3) is 4.12. The molecular formula is C15H23N3O2S. The average molecular weight is 309 g/mol. The van der Waals surface area contributed by atoms with E-state index in [0.717, 1.165) is 48.7 Å². The molecule has 0 spiro atoms. The van der Waals surface area contributed by atoms with Crippen molar-refractivity contribution in [1.82, 2.24) is 14.3 Å². The minimum Gasteiger partial charge on any atom is -0.396 e. The number of aromatic nitrogens is 2. The van der Waals surface area contributed by atoms with Gasteiger partial charge >= 0.3 is 0 Å². The maximum atomic E-state index is 12.2. The largest absolute Gasteiger partial charge is 0.396 e. The molecule has 2 heterocycles. The first kappa shape index (κ1) is 16.1. The lowest BCUT2D eigenvalue weighted by atomic mass is 10.2. The van der Waals surface area contributed by atoms with Crippen LogP contribution in [0.3, 0.4) is 0 Å². The lowest BCUT2D eigenvalue weighted by molar-refractivity contribution is 0.214. The molecule has 2 aromatic heterocycles. The van der Waals surface area contributed by atoms with Crippen molar-refractivity contribution in [1.29, 1.82) is 0 Å². The van der Waals surface area contributed by atoms with Crippen LogP contribution >= 0.6 is 11.3 Å². The van der Waals surface area contributed by atoms with E-state index < -0.39 is 0 Å². The van der Waals surface area contributed by atoms with E-state index in [1.54, 1.807) is 10.5 Å². The molecule has 0 atom stereocenters. The zero-order valence-corrected chi connectivity index (χ0v) is 13.5. The van der Waals surface area contributed by atoms with Crippen molar-refractivity contribution in [3.63, 3.8) is 0 Å². The van der Waals surface area contributed by atoms with Gasteiger partial charge in [-0.1, -0.05) is 13.3 Å². The van der Waals surface area contributed by atoms with Crippen LogP contribution in [-0.4, -0.2) is 39.1 Å². The van der Waals surface area contributed by atoms with Gasteiger partial charge in [-0.25, -0.2) is 4.98 Å². The fraction of sp³-hybridized carbons (Fsp3) is 0.600. The predicted molar refractivity (Wildman–Crippen MR) is 86.0 cm³/mol. The van der Waals surface area contributed by atoms with Crippen molar-refractivity contribution >= 4 is 16.3 Å². The maximum Gasteiger partial charge on any atom is 0.259 e.